The SMILES string of the molecule is O=C(CN1CCCCC1)N[C@H]1C[C@@H]2CC[C@H]1C2. The van der Waals surface area contributed by atoms with Crippen LogP contribution in [0.5, 0.6) is 0 Å². The van der Waals surface area contributed by atoms with Crippen LogP contribution >= 0.6 is 0 Å². The topological polar surface area (TPSA) is 32.3 Å². The monoisotopic (exact) mass is 236 g/mol. The third-order valence-corrected chi connectivity index (χ3v) is 4.90. The highest BCUT2D eigenvalue weighted by atomic mass is 16.2. The van der Waals surface area contributed by atoms with Crippen molar-refractivity contribution in [1.29, 1.82) is 0 Å². The highest BCUT2D eigenvalue weighted by molar-refractivity contribution is 5.78. The summed E-state index contributed by atoms with van der Waals surface area (Å²) in [7, 11) is 0. The van der Waals surface area contributed by atoms with Gasteiger partial charge in [0, 0.05) is 6.04 Å². The van der Waals surface area contributed by atoms with Crippen LogP contribution in [0, 0.1) is 11.8 Å². The molecule has 3 heteroatoms. The van der Waals surface area contributed by atoms with Crippen LogP contribution in [0.1, 0.15) is 44.9 Å². The third-order valence-electron chi connectivity index (χ3n) is 4.90. The van der Waals surface area contributed by atoms with Crippen molar-refractivity contribution in [2.45, 2.75) is 51.0 Å². The Hall–Kier alpha value is -0.570. The number of hydrogen-bond donors (Lipinski definition) is 1. The zero-order valence-corrected chi connectivity index (χ0v) is 10.7. The largest absolute Gasteiger partial charge is 0.352 e. The number of hydrogen-bond acceptors (Lipinski definition) is 2. The fourth-order valence-electron chi connectivity index (χ4n) is 3.99. The van der Waals surface area contributed by atoms with Gasteiger partial charge < -0.3 is 5.32 Å². The van der Waals surface area contributed by atoms with Crippen LogP contribution in [0.2, 0.25) is 0 Å². The van der Waals surface area contributed by atoms with E-state index in [1.165, 1.54) is 44.9 Å². The fourth-order valence-corrected chi connectivity index (χ4v) is 3.99. The van der Waals surface area contributed by atoms with Crippen molar-refractivity contribution in [3.63, 3.8) is 0 Å². The Morgan fingerprint density at radius 2 is 1.94 bits per heavy atom. The van der Waals surface area contributed by atoms with Crippen molar-refractivity contribution >= 4 is 5.91 Å². The van der Waals surface area contributed by atoms with E-state index in [4.69, 9.17) is 0 Å². The molecule has 96 valence electrons. The first-order valence-corrected chi connectivity index (χ1v) is 7.33. The quantitative estimate of drug-likeness (QED) is 0.810. The lowest BCUT2D eigenvalue weighted by Gasteiger charge is -2.28. The molecule has 1 saturated heterocycles. The molecule has 3 atom stereocenters. The van der Waals surface area contributed by atoms with E-state index in [0.717, 1.165) is 24.9 Å². The maximum atomic E-state index is 12.0. The molecule has 1 aliphatic heterocycles. The van der Waals surface area contributed by atoms with E-state index in [1.54, 1.807) is 0 Å². The van der Waals surface area contributed by atoms with Crippen molar-refractivity contribution in [2.24, 2.45) is 11.8 Å². The summed E-state index contributed by atoms with van der Waals surface area (Å²) < 4.78 is 0. The molecule has 0 radical (unpaired) electrons. The van der Waals surface area contributed by atoms with Gasteiger partial charge >= 0.3 is 0 Å². The first kappa shape index (κ1) is 11.5. The van der Waals surface area contributed by atoms with Crippen molar-refractivity contribution in [2.75, 3.05) is 19.6 Å². The number of nitrogens with one attached hydrogen (secondary N) is 1. The lowest BCUT2D eigenvalue weighted by molar-refractivity contribution is -0.123. The Morgan fingerprint density at radius 1 is 1.12 bits per heavy atom. The molecule has 3 rings (SSSR count). The molecule has 2 bridgehead atoms. The van der Waals surface area contributed by atoms with Crippen LogP contribution in [0.4, 0.5) is 0 Å². The lowest BCUT2D eigenvalue weighted by atomic mass is 9.95. The van der Waals surface area contributed by atoms with E-state index >= 15 is 0 Å². The lowest BCUT2D eigenvalue weighted by Crippen LogP contribution is -2.45. The second-order valence-corrected chi connectivity index (χ2v) is 6.19. The standard InChI is InChI=1S/C14H24N2O/c17-14(10-16-6-2-1-3-7-16)15-13-9-11-4-5-12(13)8-11/h11-13H,1-10H2,(H,15,17)/t11-,12+,13+/m1/s1. The van der Waals surface area contributed by atoms with Gasteiger partial charge in [0.05, 0.1) is 6.54 Å². The van der Waals surface area contributed by atoms with Gasteiger partial charge in [0.25, 0.3) is 0 Å². The number of nitrogens with zero attached hydrogens (tertiary/aromatic N) is 1. The van der Waals surface area contributed by atoms with Crippen LogP contribution in [-0.4, -0.2) is 36.5 Å². The second kappa shape index (κ2) is 4.97. The Kier molecular flexibility index (Phi) is 3.37. The fraction of sp³-hybridized carbons (Fsp3) is 0.929. The molecule has 1 N–H and O–H groups in total. The molecule has 0 aromatic heterocycles. The number of rotatable bonds is 3. The van der Waals surface area contributed by atoms with Crippen molar-refractivity contribution in [3.05, 3.63) is 0 Å². The number of likely N-dealkylation sites (tertiary alicyclic amines) is 1. The molecule has 2 saturated carbocycles. The van der Waals surface area contributed by atoms with Crippen LogP contribution in [0.15, 0.2) is 0 Å². The minimum Gasteiger partial charge on any atom is -0.352 e. The second-order valence-electron chi connectivity index (χ2n) is 6.19. The Balaban J connectivity index is 1.44. The zero-order chi connectivity index (χ0) is 11.7. The van der Waals surface area contributed by atoms with Crippen LogP contribution in [0.25, 0.3) is 0 Å². The van der Waals surface area contributed by atoms with Gasteiger partial charge in [-0.3, -0.25) is 9.69 Å². The number of amides is 1. The van der Waals surface area contributed by atoms with Gasteiger partial charge in [-0.05, 0) is 57.0 Å². The molecule has 17 heavy (non-hydrogen) atoms. The van der Waals surface area contributed by atoms with Crippen molar-refractivity contribution in [3.8, 4) is 0 Å². The maximum Gasteiger partial charge on any atom is 0.234 e. The summed E-state index contributed by atoms with van der Waals surface area (Å²) in [5, 5.41) is 3.28. The first-order valence-electron chi connectivity index (χ1n) is 7.33. The first-order chi connectivity index (χ1) is 8.31. The number of piperidine rings is 1. The molecule has 1 heterocycles. The summed E-state index contributed by atoms with van der Waals surface area (Å²) in [4.78, 5) is 14.3. The smallest absolute Gasteiger partial charge is 0.234 e. The number of fused-ring (bicyclic) bond motifs is 2. The van der Waals surface area contributed by atoms with Gasteiger partial charge in [-0.25, -0.2) is 0 Å². The third kappa shape index (κ3) is 2.65. The van der Waals surface area contributed by atoms with E-state index in [-0.39, 0.29) is 5.91 Å². The zero-order valence-electron chi connectivity index (χ0n) is 10.7. The van der Waals surface area contributed by atoms with E-state index in [9.17, 15) is 4.79 Å². The minimum absolute atomic E-state index is 0.268. The highest BCUT2D eigenvalue weighted by Gasteiger charge is 2.40. The molecule has 3 nitrogen and oxygen atoms in total. The number of carbonyl (C=O) groups excluding carboxylic acids is 1. The molecule has 2 aliphatic carbocycles. The summed E-state index contributed by atoms with van der Waals surface area (Å²) in [6.45, 7) is 2.86. The summed E-state index contributed by atoms with van der Waals surface area (Å²) in [5.74, 6) is 1.98. The average molecular weight is 236 g/mol. The van der Waals surface area contributed by atoms with Crippen molar-refractivity contribution in [1.82, 2.24) is 10.2 Å². The average Bonchev–Trinajstić information content (AvgIpc) is 2.92. The molecule has 3 aliphatic rings. The van der Waals surface area contributed by atoms with Gasteiger partial charge in [-0.1, -0.05) is 12.8 Å². The van der Waals surface area contributed by atoms with Crippen LogP contribution in [-0.2, 0) is 4.79 Å². The maximum absolute atomic E-state index is 12.0. The summed E-state index contributed by atoms with van der Waals surface area (Å²) in [5.41, 5.74) is 0. The molecular weight excluding hydrogens is 212 g/mol. The minimum atomic E-state index is 0.268. The van der Waals surface area contributed by atoms with Gasteiger partial charge in [0.15, 0.2) is 0 Å². The molecule has 1 amide bonds. The molecule has 0 aromatic carbocycles. The highest BCUT2D eigenvalue weighted by Crippen LogP contribution is 2.44. The number of carbonyl (C=O) groups is 1. The van der Waals surface area contributed by atoms with Crippen LogP contribution < -0.4 is 5.32 Å². The predicted octanol–water partition coefficient (Wildman–Crippen LogP) is 1.78. The van der Waals surface area contributed by atoms with Gasteiger partial charge in [-0.2, -0.15) is 0 Å². The molecule has 3 fully saturated rings. The summed E-state index contributed by atoms with van der Waals surface area (Å²) in [6, 6.07) is 0.506. The van der Waals surface area contributed by atoms with Crippen molar-refractivity contribution < 1.29 is 4.79 Å². The van der Waals surface area contributed by atoms with E-state index < -0.39 is 0 Å². The van der Waals surface area contributed by atoms with E-state index in [2.05, 4.69) is 10.2 Å². The predicted molar refractivity (Wildman–Crippen MR) is 67.7 cm³/mol. The van der Waals surface area contributed by atoms with E-state index in [0.29, 0.717) is 12.6 Å². The van der Waals surface area contributed by atoms with Gasteiger partial charge in [0.1, 0.15) is 0 Å². The summed E-state index contributed by atoms with van der Waals surface area (Å²) in [6.07, 6.45) is 9.24. The van der Waals surface area contributed by atoms with Crippen LogP contribution in [0.3, 0.4) is 0 Å². The Labute approximate surface area is 104 Å². The molecular formula is C14H24N2O. The Morgan fingerprint density at radius 3 is 2.59 bits per heavy atom. The molecule has 0 spiro atoms. The Bertz CT molecular complexity index is 286. The summed E-state index contributed by atoms with van der Waals surface area (Å²) >= 11 is 0. The van der Waals surface area contributed by atoms with Gasteiger partial charge in [-0.15, -0.1) is 0 Å². The normalized spacial score (nSPS) is 37.3. The molecule has 0 unspecified atom stereocenters. The van der Waals surface area contributed by atoms with E-state index in [1.807, 2.05) is 0 Å². The van der Waals surface area contributed by atoms with Gasteiger partial charge in [0.2, 0.25) is 5.91 Å². The molecule has 0 aromatic rings.